The van der Waals surface area contributed by atoms with Gasteiger partial charge in [0.15, 0.2) is 0 Å². The van der Waals surface area contributed by atoms with E-state index in [0.717, 1.165) is 13.0 Å². The fraction of sp³-hybridized carbons (Fsp3) is 0.941. The molecule has 1 saturated carbocycles. The highest BCUT2D eigenvalue weighted by atomic mass is 16.5. The summed E-state index contributed by atoms with van der Waals surface area (Å²) in [5, 5.41) is 3.33. The summed E-state index contributed by atoms with van der Waals surface area (Å²) in [4.78, 5) is 14.5. The molecule has 0 saturated heterocycles. The molecule has 1 fully saturated rings. The summed E-state index contributed by atoms with van der Waals surface area (Å²) in [5.41, 5.74) is 0. The second-order valence-electron chi connectivity index (χ2n) is 6.54. The average molecular weight is 298 g/mol. The normalized spacial score (nSPS) is 18.8. The maximum Gasteiger partial charge on any atom is 0.323 e. The Morgan fingerprint density at radius 2 is 1.86 bits per heavy atom. The molecule has 124 valence electrons. The number of hydrogen-bond acceptors (Lipinski definition) is 4. The van der Waals surface area contributed by atoms with Crippen molar-refractivity contribution in [2.24, 2.45) is 0 Å². The van der Waals surface area contributed by atoms with Gasteiger partial charge in [0.1, 0.15) is 6.04 Å². The Morgan fingerprint density at radius 3 is 2.38 bits per heavy atom. The Labute approximate surface area is 130 Å². The van der Waals surface area contributed by atoms with Crippen molar-refractivity contribution in [1.29, 1.82) is 0 Å². The monoisotopic (exact) mass is 298 g/mol. The zero-order chi connectivity index (χ0) is 15.7. The lowest BCUT2D eigenvalue weighted by molar-refractivity contribution is -0.146. The zero-order valence-corrected chi connectivity index (χ0v) is 14.4. The molecule has 1 aliphatic carbocycles. The van der Waals surface area contributed by atoms with Crippen LogP contribution >= 0.6 is 0 Å². The third-order valence-electron chi connectivity index (χ3n) is 4.32. The molecule has 1 unspecified atom stereocenters. The summed E-state index contributed by atoms with van der Waals surface area (Å²) in [6.07, 6.45) is 8.89. The summed E-state index contributed by atoms with van der Waals surface area (Å²) in [6.45, 7) is 7.41. The molecule has 0 amide bonds. The smallest absolute Gasteiger partial charge is 0.323 e. The largest absolute Gasteiger partial charge is 0.465 e. The molecular formula is C17H34N2O2. The molecule has 21 heavy (non-hydrogen) atoms. The van der Waals surface area contributed by atoms with Crippen LogP contribution in [0.3, 0.4) is 0 Å². The van der Waals surface area contributed by atoms with Crippen LogP contribution in [0.5, 0.6) is 0 Å². The molecule has 1 atom stereocenters. The fourth-order valence-electron chi connectivity index (χ4n) is 3.13. The van der Waals surface area contributed by atoms with E-state index in [0.29, 0.717) is 18.7 Å². The first kappa shape index (κ1) is 18.4. The van der Waals surface area contributed by atoms with Crippen LogP contribution in [0.2, 0.25) is 0 Å². The Morgan fingerprint density at radius 1 is 1.24 bits per heavy atom. The van der Waals surface area contributed by atoms with Crippen LogP contribution in [0.4, 0.5) is 0 Å². The summed E-state index contributed by atoms with van der Waals surface area (Å²) >= 11 is 0. The number of hydrogen-bond donors (Lipinski definition) is 1. The minimum Gasteiger partial charge on any atom is -0.465 e. The number of nitrogens with one attached hydrogen (secondary N) is 1. The van der Waals surface area contributed by atoms with Crippen LogP contribution in [0.1, 0.15) is 65.7 Å². The van der Waals surface area contributed by atoms with Crippen molar-refractivity contribution in [2.45, 2.75) is 83.8 Å². The van der Waals surface area contributed by atoms with E-state index in [1.54, 1.807) is 0 Å². The van der Waals surface area contributed by atoms with Gasteiger partial charge in [-0.3, -0.25) is 4.79 Å². The van der Waals surface area contributed by atoms with Crippen LogP contribution in [0, 0.1) is 0 Å². The fourth-order valence-corrected chi connectivity index (χ4v) is 3.13. The predicted octanol–water partition coefficient (Wildman–Crippen LogP) is 2.96. The number of carbonyl (C=O) groups is 1. The van der Waals surface area contributed by atoms with Gasteiger partial charge >= 0.3 is 5.97 Å². The van der Waals surface area contributed by atoms with Crippen LogP contribution in [0.15, 0.2) is 0 Å². The van der Waals surface area contributed by atoms with Gasteiger partial charge in [0.25, 0.3) is 0 Å². The number of ether oxygens (including phenoxy) is 1. The van der Waals surface area contributed by atoms with Crippen molar-refractivity contribution in [3.63, 3.8) is 0 Å². The molecule has 0 radical (unpaired) electrons. The topological polar surface area (TPSA) is 41.6 Å². The van der Waals surface area contributed by atoms with E-state index in [1.165, 1.54) is 38.5 Å². The second-order valence-corrected chi connectivity index (χ2v) is 6.54. The molecule has 0 aliphatic heterocycles. The van der Waals surface area contributed by atoms with Crippen LogP contribution in [-0.4, -0.2) is 49.2 Å². The van der Waals surface area contributed by atoms with E-state index < -0.39 is 0 Å². The molecule has 4 heteroatoms. The van der Waals surface area contributed by atoms with Gasteiger partial charge < -0.3 is 15.0 Å². The van der Waals surface area contributed by atoms with Crippen LogP contribution in [0.25, 0.3) is 0 Å². The Hall–Kier alpha value is -0.610. The van der Waals surface area contributed by atoms with Crippen molar-refractivity contribution in [3.8, 4) is 0 Å². The lowest BCUT2D eigenvalue weighted by Gasteiger charge is -2.29. The average Bonchev–Trinajstić information content (AvgIpc) is 2.72. The molecule has 1 rings (SSSR count). The van der Waals surface area contributed by atoms with Crippen molar-refractivity contribution >= 4 is 5.97 Å². The van der Waals surface area contributed by atoms with Gasteiger partial charge in [-0.25, -0.2) is 0 Å². The van der Waals surface area contributed by atoms with Gasteiger partial charge in [-0.2, -0.15) is 0 Å². The number of nitrogens with zero attached hydrogens (tertiary/aromatic N) is 1. The van der Waals surface area contributed by atoms with Crippen molar-refractivity contribution in [1.82, 2.24) is 10.2 Å². The van der Waals surface area contributed by atoms with E-state index in [2.05, 4.69) is 31.1 Å². The third-order valence-corrected chi connectivity index (χ3v) is 4.32. The minimum absolute atomic E-state index is 0.111. The second kappa shape index (κ2) is 10.2. The van der Waals surface area contributed by atoms with E-state index in [1.807, 2.05) is 6.92 Å². The Balaban J connectivity index is 2.44. The van der Waals surface area contributed by atoms with Gasteiger partial charge in [-0.1, -0.05) is 39.5 Å². The maximum atomic E-state index is 12.0. The molecule has 0 aromatic rings. The van der Waals surface area contributed by atoms with Crippen molar-refractivity contribution in [2.75, 3.05) is 20.2 Å². The summed E-state index contributed by atoms with van der Waals surface area (Å²) < 4.78 is 5.18. The minimum atomic E-state index is -0.182. The first-order valence-corrected chi connectivity index (χ1v) is 8.67. The quantitative estimate of drug-likeness (QED) is 0.552. The molecule has 0 aromatic heterocycles. The van der Waals surface area contributed by atoms with Gasteiger partial charge in [0.05, 0.1) is 6.61 Å². The van der Waals surface area contributed by atoms with E-state index in [9.17, 15) is 4.79 Å². The van der Waals surface area contributed by atoms with Crippen molar-refractivity contribution < 1.29 is 9.53 Å². The summed E-state index contributed by atoms with van der Waals surface area (Å²) in [5.74, 6) is -0.111. The summed E-state index contributed by atoms with van der Waals surface area (Å²) in [7, 11) is 2.20. The highest BCUT2D eigenvalue weighted by Gasteiger charge is 2.23. The van der Waals surface area contributed by atoms with Crippen LogP contribution in [-0.2, 0) is 9.53 Å². The van der Waals surface area contributed by atoms with Gasteiger partial charge in [-0.15, -0.1) is 0 Å². The molecule has 0 spiro atoms. The van der Waals surface area contributed by atoms with E-state index in [-0.39, 0.29) is 12.0 Å². The van der Waals surface area contributed by atoms with Crippen molar-refractivity contribution in [3.05, 3.63) is 0 Å². The third kappa shape index (κ3) is 7.28. The Bertz CT molecular complexity index is 287. The van der Waals surface area contributed by atoms with E-state index >= 15 is 0 Å². The van der Waals surface area contributed by atoms with Gasteiger partial charge in [-0.05, 0) is 33.2 Å². The molecule has 1 aliphatic rings. The first-order chi connectivity index (χ1) is 10.0. The molecule has 0 bridgehead atoms. The highest BCUT2D eigenvalue weighted by molar-refractivity contribution is 5.75. The lowest BCUT2D eigenvalue weighted by Crippen LogP contribution is -2.44. The molecule has 1 N–H and O–H groups in total. The highest BCUT2D eigenvalue weighted by Crippen LogP contribution is 2.21. The van der Waals surface area contributed by atoms with E-state index in [4.69, 9.17) is 4.74 Å². The van der Waals surface area contributed by atoms with Gasteiger partial charge in [0.2, 0.25) is 0 Å². The zero-order valence-electron chi connectivity index (χ0n) is 14.4. The predicted molar refractivity (Wildman–Crippen MR) is 87.4 cm³/mol. The number of carbonyl (C=O) groups excluding carboxylic acids is 1. The lowest BCUT2D eigenvalue weighted by atomic mass is 10.1. The van der Waals surface area contributed by atoms with Gasteiger partial charge in [0, 0.05) is 18.6 Å². The number of rotatable bonds is 8. The SMILES string of the molecule is CCOC(=O)C(CCN(C)C1CCCCCC1)NC(C)C. The summed E-state index contributed by atoms with van der Waals surface area (Å²) in [6, 6.07) is 0.801. The maximum absolute atomic E-state index is 12.0. The van der Waals surface area contributed by atoms with Crippen LogP contribution < -0.4 is 5.32 Å². The Kier molecular flexibility index (Phi) is 8.93. The first-order valence-electron chi connectivity index (χ1n) is 8.67. The molecular weight excluding hydrogens is 264 g/mol. The molecule has 4 nitrogen and oxygen atoms in total. The number of esters is 1. The standard InChI is InChI=1S/C17H34N2O2/c1-5-21-17(20)16(18-14(2)3)12-13-19(4)15-10-8-6-7-9-11-15/h14-16,18H,5-13H2,1-4H3. The molecule has 0 heterocycles. The molecule has 0 aromatic carbocycles.